The van der Waals surface area contributed by atoms with Gasteiger partial charge in [-0.1, -0.05) is 265 Å². The van der Waals surface area contributed by atoms with Crippen molar-refractivity contribution in [2.45, 2.75) is 310 Å². The molecule has 0 aromatic heterocycles. The van der Waals surface area contributed by atoms with E-state index < -0.39 is 6.10 Å². The summed E-state index contributed by atoms with van der Waals surface area (Å²) in [5.74, 6) is 0.0247. The third kappa shape index (κ3) is 45.9. The number of hydrogen-bond donors (Lipinski definition) is 0. The number of carbonyl (C=O) groups is 3. The summed E-state index contributed by atoms with van der Waals surface area (Å²) in [6.07, 6.45) is 50.8. The number of ether oxygens (including phenoxy) is 3. The van der Waals surface area contributed by atoms with Crippen LogP contribution in [0.2, 0.25) is 0 Å². The van der Waals surface area contributed by atoms with E-state index in [0.29, 0.717) is 19.3 Å². The first-order chi connectivity index (χ1) is 29.4. The average molecular weight is 849 g/mol. The highest BCUT2D eigenvalue weighted by atomic mass is 16.6. The topological polar surface area (TPSA) is 78.9 Å². The molecule has 0 aliphatic carbocycles. The van der Waals surface area contributed by atoms with E-state index in [1.807, 2.05) is 0 Å². The van der Waals surface area contributed by atoms with Crippen molar-refractivity contribution < 1.29 is 28.6 Å². The molecule has 356 valence electrons. The highest BCUT2D eigenvalue weighted by Gasteiger charge is 2.19. The molecule has 0 aromatic carbocycles. The van der Waals surface area contributed by atoms with Crippen LogP contribution >= 0.6 is 0 Å². The van der Waals surface area contributed by atoms with Crippen LogP contribution in [0.4, 0.5) is 0 Å². The summed E-state index contributed by atoms with van der Waals surface area (Å²) in [7, 11) is 0. The molecule has 1 unspecified atom stereocenters. The fourth-order valence-corrected chi connectivity index (χ4v) is 8.19. The van der Waals surface area contributed by atoms with Gasteiger partial charge in [-0.25, -0.2) is 0 Å². The Kier molecular flexibility index (Phi) is 47.2. The molecule has 60 heavy (non-hydrogen) atoms. The van der Waals surface area contributed by atoms with Crippen molar-refractivity contribution in [3.05, 3.63) is 0 Å². The van der Waals surface area contributed by atoms with Crippen LogP contribution in [0.15, 0.2) is 0 Å². The predicted molar refractivity (Wildman–Crippen MR) is 257 cm³/mol. The second-order valence-corrected chi connectivity index (χ2v) is 18.8. The summed E-state index contributed by atoms with van der Waals surface area (Å²) < 4.78 is 16.8. The van der Waals surface area contributed by atoms with Gasteiger partial charge >= 0.3 is 17.9 Å². The standard InChI is InChI=1S/C54H104O6/c1-5-8-10-12-14-16-18-19-20-21-22-23-25-30-34-38-42-46-53(56)59-49-51(48-58-52(55)45-41-37-33-29-24-17-15-13-11-9-6-2)60-54(57)47-43-39-35-31-27-26-28-32-36-40-44-50(4)7-3/h50-51H,5-49H2,1-4H3/t50?,51-/m0/s1. The maximum absolute atomic E-state index is 12.8. The molecule has 0 radical (unpaired) electrons. The summed E-state index contributed by atoms with van der Waals surface area (Å²) in [5, 5.41) is 0. The lowest BCUT2D eigenvalue weighted by Gasteiger charge is -2.18. The maximum atomic E-state index is 12.8. The molecule has 0 aliphatic rings. The number of esters is 3. The Labute approximate surface area is 374 Å². The summed E-state index contributed by atoms with van der Waals surface area (Å²) in [6.45, 7) is 9.05. The highest BCUT2D eigenvalue weighted by Crippen LogP contribution is 2.18. The third-order valence-electron chi connectivity index (χ3n) is 12.7. The first-order valence-electron chi connectivity index (χ1n) is 26.9. The van der Waals surface area contributed by atoms with Crippen LogP contribution in [0, 0.1) is 5.92 Å². The lowest BCUT2D eigenvalue weighted by Crippen LogP contribution is -2.30. The van der Waals surface area contributed by atoms with E-state index in [0.717, 1.165) is 63.7 Å². The van der Waals surface area contributed by atoms with Crippen LogP contribution in [-0.4, -0.2) is 37.2 Å². The minimum atomic E-state index is -0.761. The van der Waals surface area contributed by atoms with Gasteiger partial charge in [0.05, 0.1) is 0 Å². The molecule has 6 nitrogen and oxygen atoms in total. The molecule has 0 heterocycles. The van der Waals surface area contributed by atoms with Crippen LogP contribution < -0.4 is 0 Å². The first kappa shape index (κ1) is 58.4. The molecule has 0 bridgehead atoms. The largest absolute Gasteiger partial charge is 0.462 e. The Hall–Kier alpha value is -1.59. The molecule has 0 aromatic rings. The fraction of sp³-hybridized carbons (Fsp3) is 0.944. The first-order valence-corrected chi connectivity index (χ1v) is 26.9. The zero-order valence-electron chi connectivity index (χ0n) is 40.9. The van der Waals surface area contributed by atoms with Gasteiger partial charge < -0.3 is 14.2 Å². The summed E-state index contributed by atoms with van der Waals surface area (Å²) in [5.41, 5.74) is 0. The molecule has 0 fully saturated rings. The van der Waals surface area contributed by atoms with E-state index in [1.54, 1.807) is 0 Å². The minimum Gasteiger partial charge on any atom is -0.462 e. The number of carbonyl (C=O) groups excluding carboxylic acids is 3. The third-order valence-corrected chi connectivity index (χ3v) is 12.7. The molecule has 0 saturated carbocycles. The SMILES string of the molecule is CCCCCCCCCCCCCCCCCCCC(=O)OC[C@H](COC(=O)CCCCCCCCCCCCC)OC(=O)CCCCCCCCCCCCC(C)CC. The van der Waals surface area contributed by atoms with Crippen LogP contribution in [0.3, 0.4) is 0 Å². The second-order valence-electron chi connectivity index (χ2n) is 18.8. The zero-order chi connectivity index (χ0) is 43.8. The van der Waals surface area contributed by atoms with Crippen molar-refractivity contribution in [3.8, 4) is 0 Å². The van der Waals surface area contributed by atoms with Crippen molar-refractivity contribution in [3.63, 3.8) is 0 Å². The molecule has 0 aliphatic heterocycles. The van der Waals surface area contributed by atoms with Gasteiger partial charge in [0.1, 0.15) is 13.2 Å². The van der Waals surface area contributed by atoms with Gasteiger partial charge in [-0.3, -0.25) is 14.4 Å². The smallest absolute Gasteiger partial charge is 0.306 e. The molecule has 0 N–H and O–H groups in total. The summed E-state index contributed by atoms with van der Waals surface area (Å²) in [4.78, 5) is 38.0. The normalized spacial score (nSPS) is 12.4. The summed E-state index contributed by atoms with van der Waals surface area (Å²) >= 11 is 0. The number of unbranched alkanes of at least 4 members (excludes halogenated alkanes) is 35. The van der Waals surface area contributed by atoms with Crippen LogP contribution in [0.1, 0.15) is 304 Å². The quantitative estimate of drug-likeness (QED) is 0.0345. The van der Waals surface area contributed by atoms with Crippen LogP contribution in [-0.2, 0) is 28.6 Å². The highest BCUT2D eigenvalue weighted by molar-refractivity contribution is 5.71. The van der Waals surface area contributed by atoms with Gasteiger partial charge in [-0.15, -0.1) is 0 Å². The zero-order valence-corrected chi connectivity index (χ0v) is 40.9. The maximum Gasteiger partial charge on any atom is 0.306 e. The molecular weight excluding hydrogens is 745 g/mol. The molecule has 0 amide bonds. The predicted octanol–water partition coefficient (Wildman–Crippen LogP) is 17.5. The van der Waals surface area contributed by atoms with E-state index in [4.69, 9.17) is 14.2 Å². The van der Waals surface area contributed by atoms with Gasteiger partial charge in [-0.2, -0.15) is 0 Å². The second kappa shape index (κ2) is 48.4. The Morgan fingerprint density at radius 1 is 0.333 bits per heavy atom. The van der Waals surface area contributed by atoms with Crippen LogP contribution in [0.5, 0.6) is 0 Å². The van der Waals surface area contributed by atoms with Crippen molar-refractivity contribution in [1.29, 1.82) is 0 Å². The fourth-order valence-electron chi connectivity index (χ4n) is 8.19. The minimum absolute atomic E-state index is 0.0626. The lowest BCUT2D eigenvalue weighted by molar-refractivity contribution is -0.167. The molecule has 2 atom stereocenters. The molecule has 6 heteroatoms. The summed E-state index contributed by atoms with van der Waals surface area (Å²) in [6, 6.07) is 0. The van der Waals surface area contributed by atoms with Crippen molar-refractivity contribution in [2.75, 3.05) is 13.2 Å². The van der Waals surface area contributed by atoms with Crippen molar-refractivity contribution in [1.82, 2.24) is 0 Å². The average Bonchev–Trinajstić information content (AvgIpc) is 3.25. The number of hydrogen-bond acceptors (Lipinski definition) is 6. The molecule has 0 spiro atoms. The van der Waals surface area contributed by atoms with Gasteiger partial charge in [-0.05, 0) is 25.2 Å². The number of rotatable bonds is 49. The van der Waals surface area contributed by atoms with Gasteiger partial charge in [0.25, 0.3) is 0 Å². The Morgan fingerprint density at radius 3 is 0.867 bits per heavy atom. The van der Waals surface area contributed by atoms with Crippen LogP contribution in [0.25, 0.3) is 0 Å². The van der Waals surface area contributed by atoms with Gasteiger partial charge in [0.2, 0.25) is 0 Å². The van der Waals surface area contributed by atoms with Gasteiger partial charge in [0, 0.05) is 19.3 Å². The van der Waals surface area contributed by atoms with Gasteiger partial charge in [0.15, 0.2) is 6.10 Å². The molecular formula is C54H104O6. The van der Waals surface area contributed by atoms with Crippen molar-refractivity contribution >= 4 is 17.9 Å². The molecule has 0 saturated heterocycles. The van der Waals surface area contributed by atoms with E-state index >= 15 is 0 Å². The van der Waals surface area contributed by atoms with E-state index in [-0.39, 0.29) is 31.1 Å². The molecule has 0 rings (SSSR count). The Morgan fingerprint density at radius 2 is 0.583 bits per heavy atom. The monoisotopic (exact) mass is 849 g/mol. The van der Waals surface area contributed by atoms with E-state index in [2.05, 4.69) is 27.7 Å². The Balaban J connectivity index is 4.28. The lowest BCUT2D eigenvalue weighted by atomic mass is 9.99. The Bertz CT molecular complexity index is 905. The van der Waals surface area contributed by atoms with E-state index in [1.165, 1.54) is 199 Å². The van der Waals surface area contributed by atoms with E-state index in [9.17, 15) is 14.4 Å². The van der Waals surface area contributed by atoms with Crippen molar-refractivity contribution in [2.24, 2.45) is 5.92 Å².